The number of esters is 1. The molecule has 1 unspecified atom stereocenters. The largest absolute Gasteiger partial charge is 0.487 e. The fourth-order valence-electron chi connectivity index (χ4n) is 2.02. The van der Waals surface area contributed by atoms with E-state index < -0.39 is 5.97 Å². The first-order valence-electron chi connectivity index (χ1n) is 8.01. The maximum atomic E-state index is 11.3. The zero-order valence-electron chi connectivity index (χ0n) is 14.4. The van der Waals surface area contributed by atoms with Crippen molar-refractivity contribution in [3.8, 4) is 23.3 Å². The molecule has 0 aliphatic rings. The van der Waals surface area contributed by atoms with E-state index in [9.17, 15) is 4.79 Å². The Morgan fingerprint density at radius 3 is 2.54 bits per heavy atom. The maximum Gasteiger partial charge on any atom is 0.330 e. The summed E-state index contributed by atoms with van der Waals surface area (Å²) in [5.74, 6) is 1.28. The second-order valence-corrected chi connectivity index (χ2v) is 5.67. The van der Waals surface area contributed by atoms with Gasteiger partial charge in [-0.2, -0.15) is 5.26 Å². The van der Waals surface area contributed by atoms with Gasteiger partial charge in [0.2, 0.25) is 0 Å². The van der Waals surface area contributed by atoms with E-state index in [0.29, 0.717) is 34.4 Å². The quantitative estimate of drug-likeness (QED) is 0.512. The van der Waals surface area contributed by atoms with Crippen LogP contribution in [-0.4, -0.2) is 18.7 Å². The van der Waals surface area contributed by atoms with E-state index in [1.165, 1.54) is 6.08 Å². The summed E-state index contributed by atoms with van der Waals surface area (Å²) < 4.78 is 16.2. The van der Waals surface area contributed by atoms with E-state index >= 15 is 0 Å². The molecule has 0 fully saturated rings. The highest BCUT2D eigenvalue weighted by Gasteiger charge is 2.06. The lowest BCUT2D eigenvalue weighted by molar-refractivity contribution is -0.137. The van der Waals surface area contributed by atoms with Gasteiger partial charge in [0.15, 0.2) is 0 Å². The van der Waals surface area contributed by atoms with E-state index in [4.69, 9.17) is 31.1 Å². The minimum atomic E-state index is -0.397. The van der Waals surface area contributed by atoms with Crippen molar-refractivity contribution in [1.29, 1.82) is 5.26 Å². The average Bonchev–Trinajstić information content (AvgIpc) is 2.63. The fraction of sp³-hybridized carbons (Fsp3) is 0.200. The van der Waals surface area contributed by atoms with E-state index in [1.807, 2.05) is 13.0 Å². The summed E-state index contributed by atoms with van der Waals surface area (Å²) in [6.45, 7) is 3.90. The van der Waals surface area contributed by atoms with Crippen molar-refractivity contribution in [3.05, 3.63) is 65.2 Å². The molecule has 0 spiro atoms. The molecule has 0 radical (unpaired) electrons. The van der Waals surface area contributed by atoms with Crippen molar-refractivity contribution < 1.29 is 19.0 Å². The number of hydrogen-bond donors (Lipinski definition) is 0. The molecule has 2 aromatic rings. The van der Waals surface area contributed by atoms with Crippen LogP contribution in [-0.2, 0) is 9.53 Å². The van der Waals surface area contributed by atoms with Crippen LogP contribution in [0.5, 0.6) is 17.2 Å². The predicted octanol–water partition coefficient (Wildman–Crippen LogP) is 4.89. The minimum absolute atomic E-state index is 0.292. The van der Waals surface area contributed by atoms with Gasteiger partial charge in [0.05, 0.1) is 23.3 Å². The molecule has 5 nitrogen and oxygen atoms in total. The van der Waals surface area contributed by atoms with E-state index in [2.05, 4.69) is 0 Å². The summed E-state index contributed by atoms with van der Waals surface area (Å²) in [5.41, 5.74) is 0.468. The zero-order valence-corrected chi connectivity index (χ0v) is 15.2. The number of carbonyl (C=O) groups excluding carboxylic acids is 1. The van der Waals surface area contributed by atoms with Crippen LogP contribution in [0.3, 0.4) is 0 Å². The van der Waals surface area contributed by atoms with Gasteiger partial charge in [-0.15, -0.1) is 0 Å². The van der Waals surface area contributed by atoms with Gasteiger partial charge in [0.25, 0.3) is 0 Å². The molecule has 0 amide bonds. The number of ether oxygens (including phenoxy) is 3. The molecule has 6 heteroatoms. The van der Waals surface area contributed by atoms with Gasteiger partial charge in [0.1, 0.15) is 23.4 Å². The van der Waals surface area contributed by atoms with Gasteiger partial charge in [-0.05, 0) is 62.4 Å². The molecular formula is C20H18ClNO4. The van der Waals surface area contributed by atoms with Gasteiger partial charge in [-0.1, -0.05) is 11.6 Å². The number of hydrogen-bond acceptors (Lipinski definition) is 5. The number of nitriles is 1. The molecule has 0 saturated heterocycles. The van der Waals surface area contributed by atoms with E-state index in [-0.39, 0.29) is 6.10 Å². The summed E-state index contributed by atoms with van der Waals surface area (Å²) >= 11 is 6.09. The van der Waals surface area contributed by atoms with Crippen LogP contribution in [0, 0.1) is 11.3 Å². The first-order valence-corrected chi connectivity index (χ1v) is 8.38. The highest BCUT2D eigenvalue weighted by Crippen LogP contribution is 2.31. The number of rotatable bonds is 7. The highest BCUT2D eigenvalue weighted by molar-refractivity contribution is 6.32. The molecule has 0 aliphatic carbocycles. The normalized spacial score (nSPS) is 11.6. The Morgan fingerprint density at radius 2 is 1.92 bits per heavy atom. The average molecular weight is 372 g/mol. The third-order valence-electron chi connectivity index (χ3n) is 3.22. The Hall–Kier alpha value is -2.97. The van der Waals surface area contributed by atoms with Crippen molar-refractivity contribution in [2.45, 2.75) is 20.0 Å². The van der Waals surface area contributed by atoms with Gasteiger partial charge < -0.3 is 14.2 Å². The third kappa shape index (κ3) is 5.83. The van der Waals surface area contributed by atoms with Gasteiger partial charge in [-0.3, -0.25) is 0 Å². The summed E-state index contributed by atoms with van der Waals surface area (Å²) in [7, 11) is 0. The Morgan fingerprint density at radius 1 is 1.23 bits per heavy atom. The molecular weight excluding hydrogens is 354 g/mol. The number of halogens is 1. The number of carbonyl (C=O) groups is 1. The maximum absolute atomic E-state index is 11.3. The van der Waals surface area contributed by atoms with Crippen molar-refractivity contribution >= 4 is 17.6 Å². The van der Waals surface area contributed by atoms with E-state index in [1.54, 1.807) is 55.5 Å². The van der Waals surface area contributed by atoms with Crippen LogP contribution in [0.15, 0.2) is 54.6 Å². The summed E-state index contributed by atoms with van der Waals surface area (Å²) in [4.78, 5) is 11.3. The summed E-state index contributed by atoms with van der Waals surface area (Å²) in [6.07, 6.45) is 2.68. The van der Waals surface area contributed by atoms with Gasteiger partial charge in [-0.25, -0.2) is 4.79 Å². The highest BCUT2D eigenvalue weighted by atomic mass is 35.5. The zero-order chi connectivity index (χ0) is 18.9. The number of nitrogens with zero attached hydrogens (tertiary/aromatic N) is 1. The van der Waals surface area contributed by atoms with Crippen molar-refractivity contribution in [3.63, 3.8) is 0 Å². The van der Waals surface area contributed by atoms with Crippen LogP contribution in [0.4, 0.5) is 0 Å². The van der Waals surface area contributed by atoms with Crippen LogP contribution >= 0.6 is 11.6 Å². The first kappa shape index (κ1) is 19.4. The van der Waals surface area contributed by atoms with E-state index in [0.717, 1.165) is 0 Å². The second kappa shape index (κ2) is 9.50. The summed E-state index contributed by atoms with van der Waals surface area (Å²) in [6, 6.07) is 13.8. The standard InChI is InChI=1S/C20H18ClNO4/c1-3-24-20(23)11-4-14(2)25-16-6-8-17(9-7-16)26-19-10-5-15(13-22)12-18(19)21/h4-12,14H,3H2,1-2H3. The molecule has 1 atom stereocenters. The molecule has 0 aromatic heterocycles. The molecule has 0 aliphatic heterocycles. The molecule has 0 N–H and O–H groups in total. The Kier molecular flexibility index (Phi) is 7.07. The van der Waals surface area contributed by atoms with Crippen molar-refractivity contribution in [2.24, 2.45) is 0 Å². The Bertz CT molecular complexity index is 825. The van der Waals surface area contributed by atoms with Gasteiger partial charge >= 0.3 is 5.97 Å². The molecule has 2 aromatic carbocycles. The lowest BCUT2D eigenvalue weighted by Crippen LogP contribution is -2.09. The van der Waals surface area contributed by atoms with Crippen molar-refractivity contribution in [2.75, 3.05) is 6.61 Å². The fourth-order valence-corrected chi connectivity index (χ4v) is 2.24. The lowest BCUT2D eigenvalue weighted by atomic mass is 10.2. The third-order valence-corrected chi connectivity index (χ3v) is 3.52. The number of benzene rings is 2. The Balaban J connectivity index is 1.96. The van der Waals surface area contributed by atoms with Crippen molar-refractivity contribution in [1.82, 2.24) is 0 Å². The SMILES string of the molecule is CCOC(=O)C=CC(C)Oc1ccc(Oc2ccc(C#N)cc2Cl)cc1. The Labute approximate surface area is 157 Å². The lowest BCUT2D eigenvalue weighted by Gasteiger charge is -2.12. The van der Waals surface area contributed by atoms with Crippen LogP contribution < -0.4 is 9.47 Å². The van der Waals surface area contributed by atoms with Crippen LogP contribution in [0.25, 0.3) is 0 Å². The molecule has 0 saturated carbocycles. The first-order chi connectivity index (χ1) is 12.5. The van der Waals surface area contributed by atoms with Crippen LogP contribution in [0.1, 0.15) is 19.4 Å². The predicted molar refractivity (Wildman–Crippen MR) is 98.5 cm³/mol. The second-order valence-electron chi connectivity index (χ2n) is 5.26. The topological polar surface area (TPSA) is 68.6 Å². The molecule has 26 heavy (non-hydrogen) atoms. The van der Waals surface area contributed by atoms with Crippen LogP contribution in [0.2, 0.25) is 5.02 Å². The van der Waals surface area contributed by atoms with Gasteiger partial charge in [0, 0.05) is 6.08 Å². The molecule has 0 heterocycles. The smallest absolute Gasteiger partial charge is 0.330 e. The molecule has 0 bridgehead atoms. The minimum Gasteiger partial charge on any atom is -0.487 e. The molecule has 134 valence electrons. The summed E-state index contributed by atoms with van der Waals surface area (Å²) in [5, 5.41) is 9.21. The molecule has 2 rings (SSSR count). The monoisotopic (exact) mass is 371 g/mol.